The lowest BCUT2D eigenvalue weighted by molar-refractivity contribution is 0.110. The molecular formula is C16H30N2O2. The van der Waals surface area contributed by atoms with Crippen LogP contribution in [-0.4, -0.2) is 29.8 Å². The zero-order valence-electron chi connectivity index (χ0n) is 13.5. The molecule has 0 heterocycles. The molecule has 0 radical (unpaired) electrons. The topological polar surface area (TPSA) is 50.4 Å². The van der Waals surface area contributed by atoms with Crippen LogP contribution in [0.5, 0.6) is 0 Å². The van der Waals surface area contributed by atoms with Crippen LogP contribution in [0.1, 0.15) is 60.3 Å². The van der Waals surface area contributed by atoms with Crippen molar-refractivity contribution in [3.05, 3.63) is 12.2 Å². The summed E-state index contributed by atoms with van der Waals surface area (Å²) in [7, 11) is 0. The first-order chi connectivity index (χ1) is 9.26. The third-order valence-corrected chi connectivity index (χ3v) is 3.11. The molecule has 2 atom stereocenters. The molecule has 0 saturated carbocycles. The Morgan fingerprint density at radius 2 is 2.00 bits per heavy atom. The highest BCUT2D eigenvalue weighted by molar-refractivity contribution is 5.67. The second-order valence-electron chi connectivity index (χ2n) is 6.93. The lowest BCUT2D eigenvalue weighted by Crippen LogP contribution is -2.43. The van der Waals surface area contributed by atoms with Gasteiger partial charge >= 0.3 is 6.09 Å². The summed E-state index contributed by atoms with van der Waals surface area (Å²) in [6, 6.07) is 0.622. The summed E-state index contributed by atoms with van der Waals surface area (Å²) in [5, 5.41) is 6.39. The molecule has 2 N–H and O–H groups in total. The number of carbonyl (C=O) groups is 1. The lowest BCUT2D eigenvalue weighted by atomic mass is 9.97. The number of alkyl carbamates (subject to hydrolysis) is 1. The number of carbonyl (C=O) groups excluding carboxylic acids is 1. The molecule has 116 valence electrons. The molecule has 0 aromatic heterocycles. The van der Waals surface area contributed by atoms with Gasteiger partial charge in [0.15, 0.2) is 0 Å². The summed E-state index contributed by atoms with van der Waals surface area (Å²) in [5.74, 6) is 0. The monoisotopic (exact) mass is 282 g/mol. The molecule has 0 bridgehead atoms. The molecule has 4 heteroatoms. The Morgan fingerprint density at radius 1 is 1.30 bits per heavy atom. The number of amides is 1. The molecule has 2 unspecified atom stereocenters. The number of hydrogen-bond donors (Lipinski definition) is 2. The number of hydrogen-bond acceptors (Lipinski definition) is 3. The molecule has 0 aromatic rings. The minimum atomic E-state index is -0.320. The van der Waals surface area contributed by atoms with E-state index in [-0.39, 0.29) is 23.8 Å². The van der Waals surface area contributed by atoms with Crippen molar-refractivity contribution >= 4 is 6.09 Å². The van der Waals surface area contributed by atoms with Gasteiger partial charge < -0.3 is 15.4 Å². The van der Waals surface area contributed by atoms with Crippen LogP contribution in [0.4, 0.5) is 4.79 Å². The van der Waals surface area contributed by atoms with Gasteiger partial charge in [-0.15, -0.1) is 0 Å². The third-order valence-electron chi connectivity index (χ3n) is 3.11. The van der Waals surface area contributed by atoms with Gasteiger partial charge in [-0.1, -0.05) is 6.08 Å². The molecule has 0 spiro atoms. The summed E-state index contributed by atoms with van der Waals surface area (Å²) in [5.41, 5.74) is 0.144. The maximum absolute atomic E-state index is 11.6. The zero-order chi connectivity index (χ0) is 15.2. The first kappa shape index (κ1) is 17.0. The number of rotatable bonds is 3. The standard InChI is InChI=1S/C16H30N2O2/c1-12(2)17-15(19)20-14-10-6-8-13(9-7-11-14)18-16(3,4)5/h6,10,12-14,18H,7-9,11H2,1-5H3,(H,17,19)/b10-6+. The van der Waals surface area contributed by atoms with Gasteiger partial charge in [0.2, 0.25) is 0 Å². The Bertz CT molecular complexity index is 332. The van der Waals surface area contributed by atoms with Crippen LogP contribution < -0.4 is 10.6 Å². The molecule has 1 rings (SSSR count). The fraction of sp³-hybridized carbons (Fsp3) is 0.812. The van der Waals surface area contributed by atoms with Gasteiger partial charge in [-0.25, -0.2) is 4.79 Å². The zero-order valence-corrected chi connectivity index (χ0v) is 13.5. The lowest BCUT2D eigenvalue weighted by Gasteiger charge is -2.29. The minimum absolute atomic E-state index is 0.0932. The van der Waals surface area contributed by atoms with E-state index in [1.165, 1.54) is 0 Å². The Hall–Kier alpha value is -1.03. The highest BCUT2D eigenvalue weighted by Crippen LogP contribution is 2.17. The van der Waals surface area contributed by atoms with Crippen LogP contribution in [-0.2, 0) is 4.74 Å². The molecular weight excluding hydrogens is 252 g/mol. The fourth-order valence-corrected chi connectivity index (χ4v) is 2.42. The third kappa shape index (κ3) is 7.53. The summed E-state index contributed by atoms with van der Waals surface area (Å²) in [6.45, 7) is 10.4. The summed E-state index contributed by atoms with van der Waals surface area (Å²) in [6.07, 6.45) is 7.81. The molecule has 1 aliphatic rings. The van der Waals surface area contributed by atoms with Gasteiger partial charge in [0.05, 0.1) is 0 Å². The van der Waals surface area contributed by atoms with Gasteiger partial charge in [0.25, 0.3) is 0 Å². The molecule has 20 heavy (non-hydrogen) atoms. The van der Waals surface area contributed by atoms with E-state index in [0.29, 0.717) is 6.04 Å². The Morgan fingerprint density at radius 3 is 2.60 bits per heavy atom. The normalized spacial score (nSPS) is 25.7. The van der Waals surface area contributed by atoms with Crippen LogP contribution >= 0.6 is 0 Å². The average molecular weight is 282 g/mol. The average Bonchev–Trinajstić information content (AvgIpc) is 2.21. The summed E-state index contributed by atoms with van der Waals surface area (Å²) < 4.78 is 5.42. The maximum atomic E-state index is 11.6. The van der Waals surface area contributed by atoms with E-state index < -0.39 is 0 Å². The molecule has 0 saturated heterocycles. The van der Waals surface area contributed by atoms with Crippen LogP contribution in [0.15, 0.2) is 12.2 Å². The Kier molecular flexibility index (Phi) is 6.53. The molecule has 0 fully saturated rings. The van der Waals surface area contributed by atoms with E-state index in [1.54, 1.807) is 0 Å². The highest BCUT2D eigenvalue weighted by atomic mass is 16.6. The van der Waals surface area contributed by atoms with Crippen LogP contribution in [0, 0.1) is 0 Å². The van der Waals surface area contributed by atoms with Crippen molar-refractivity contribution in [3.8, 4) is 0 Å². The number of nitrogens with one attached hydrogen (secondary N) is 2. The molecule has 0 aliphatic heterocycles. The van der Waals surface area contributed by atoms with Crippen molar-refractivity contribution in [2.75, 3.05) is 0 Å². The van der Waals surface area contributed by atoms with Crippen molar-refractivity contribution in [2.45, 2.75) is 84.0 Å². The van der Waals surface area contributed by atoms with Gasteiger partial charge in [0.1, 0.15) is 6.10 Å². The highest BCUT2D eigenvalue weighted by Gasteiger charge is 2.19. The first-order valence-corrected chi connectivity index (χ1v) is 7.68. The van der Waals surface area contributed by atoms with Crippen LogP contribution in [0.3, 0.4) is 0 Å². The van der Waals surface area contributed by atoms with Crippen molar-refractivity contribution in [2.24, 2.45) is 0 Å². The van der Waals surface area contributed by atoms with E-state index >= 15 is 0 Å². The van der Waals surface area contributed by atoms with E-state index in [1.807, 2.05) is 19.9 Å². The first-order valence-electron chi connectivity index (χ1n) is 7.68. The van der Waals surface area contributed by atoms with Gasteiger partial charge in [-0.2, -0.15) is 0 Å². The molecule has 1 aliphatic carbocycles. The molecule has 4 nitrogen and oxygen atoms in total. The second kappa shape index (κ2) is 7.67. The second-order valence-corrected chi connectivity index (χ2v) is 6.93. The van der Waals surface area contributed by atoms with Crippen molar-refractivity contribution in [1.82, 2.24) is 10.6 Å². The van der Waals surface area contributed by atoms with Crippen LogP contribution in [0.25, 0.3) is 0 Å². The van der Waals surface area contributed by atoms with E-state index in [0.717, 1.165) is 25.7 Å². The van der Waals surface area contributed by atoms with Gasteiger partial charge in [0, 0.05) is 17.6 Å². The minimum Gasteiger partial charge on any atom is -0.442 e. The quantitative estimate of drug-likeness (QED) is 0.780. The maximum Gasteiger partial charge on any atom is 0.407 e. The van der Waals surface area contributed by atoms with Crippen molar-refractivity contribution in [1.29, 1.82) is 0 Å². The van der Waals surface area contributed by atoms with Crippen LogP contribution in [0.2, 0.25) is 0 Å². The largest absolute Gasteiger partial charge is 0.442 e. The van der Waals surface area contributed by atoms with E-state index in [9.17, 15) is 4.79 Å². The Labute approximate surface area is 123 Å². The van der Waals surface area contributed by atoms with Crippen molar-refractivity contribution < 1.29 is 9.53 Å². The summed E-state index contributed by atoms with van der Waals surface area (Å²) in [4.78, 5) is 11.6. The smallest absolute Gasteiger partial charge is 0.407 e. The van der Waals surface area contributed by atoms with Gasteiger partial charge in [-0.3, -0.25) is 0 Å². The summed E-state index contributed by atoms with van der Waals surface area (Å²) >= 11 is 0. The molecule has 0 aromatic carbocycles. The predicted octanol–water partition coefficient (Wildman–Crippen LogP) is 3.38. The van der Waals surface area contributed by atoms with Crippen molar-refractivity contribution in [3.63, 3.8) is 0 Å². The SMILES string of the molecule is CC(C)NC(=O)OC1/C=C/CC(NC(C)(C)C)CCC1. The fourth-order valence-electron chi connectivity index (χ4n) is 2.42. The predicted molar refractivity (Wildman–Crippen MR) is 82.8 cm³/mol. The van der Waals surface area contributed by atoms with E-state index in [4.69, 9.17) is 4.74 Å². The molecule has 1 amide bonds. The Balaban J connectivity index is 2.43. The van der Waals surface area contributed by atoms with E-state index in [2.05, 4.69) is 37.5 Å². The van der Waals surface area contributed by atoms with Gasteiger partial charge in [-0.05, 0) is 66.4 Å². The number of ether oxygens (including phenoxy) is 1.